The molecule has 0 radical (unpaired) electrons. The molecule has 1 N–H and O–H groups in total. The molecule has 0 bridgehead atoms. The van der Waals surface area contributed by atoms with Crippen molar-refractivity contribution in [1.29, 1.82) is 0 Å². The van der Waals surface area contributed by atoms with Gasteiger partial charge in [-0.15, -0.1) is 0 Å². The van der Waals surface area contributed by atoms with E-state index in [0.717, 1.165) is 22.4 Å². The zero-order valence-corrected chi connectivity index (χ0v) is 18.7. The Labute approximate surface area is 191 Å². The lowest BCUT2D eigenvalue weighted by molar-refractivity contribution is 0.0694. The summed E-state index contributed by atoms with van der Waals surface area (Å²) >= 11 is 0. The Hall–Kier alpha value is -4.26. The first-order valence-electron chi connectivity index (χ1n) is 9.96. The van der Waals surface area contributed by atoms with Crippen LogP contribution in [0.15, 0.2) is 60.7 Å². The number of fused-ring (bicyclic) bond motifs is 2. The number of aldehydes is 1. The summed E-state index contributed by atoms with van der Waals surface area (Å²) in [5.41, 5.74) is 0.653. The Morgan fingerprint density at radius 1 is 0.727 bits per heavy atom. The van der Waals surface area contributed by atoms with Crippen molar-refractivity contribution >= 4 is 33.8 Å². The molecule has 0 amide bonds. The molecule has 4 aromatic rings. The number of ether oxygens (including phenoxy) is 4. The summed E-state index contributed by atoms with van der Waals surface area (Å²) in [6, 6.07) is 18.5. The van der Waals surface area contributed by atoms with Gasteiger partial charge in [0.25, 0.3) is 0 Å². The average molecular weight is 448 g/mol. The number of carbonyl (C=O) groups excluding carboxylic acids is 1. The van der Waals surface area contributed by atoms with Crippen molar-refractivity contribution < 1.29 is 33.6 Å². The zero-order chi connectivity index (χ0) is 24.0. The molecule has 4 aromatic carbocycles. The van der Waals surface area contributed by atoms with E-state index in [9.17, 15) is 14.7 Å². The van der Waals surface area contributed by atoms with Crippen LogP contribution in [0, 0.1) is 0 Å². The Kier molecular flexibility index (Phi) is 7.35. The largest absolute Gasteiger partial charge is 0.493 e. The van der Waals surface area contributed by atoms with Crippen molar-refractivity contribution in [1.82, 2.24) is 0 Å². The molecule has 0 aromatic heterocycles. The van der Waals surface area contributed by atoms with Gasteiger partial charge in [0.2, 0.25) is 0 Å². The molecule has 0 unspecified atom stereocenters. The maximum absolute atomic E-state index is 11.3. The minimum atomic E-state index is -1.03. The number of methoxy groups -OCH3 is 4. The normalized spacial score (nSPS) is 10.2. The monoisotopic (exact) mass is 448 g/mol. The summed E-state index contributed by atoms with van der Waals surface area (Å²) in [6.45, 7) is 0. The van der Waals surface area contributed by atoms with Crippen LogP contribution in [0.2, 0.25) is 0 Å². The minimum absolute atomic E-state index is 0.127. The maximum Gasteiger partial charge on any atom is 0.340 e. The molecule has 0 aliphatic heterocycles. The second kappa shape index (κ2) is 10.4. The van der Waals surface area contributed by atoms with Gasteiger partial charge in [0.1, 0.15) is 5.56 Å². The fourth-order valence-electron chi connectivity index (χ4n) is 3.68. The van der Waals surface area contributed by atoms with Crippen molar-refractivity contribution in [3.8, 4) is 23.0 Å². The highest BCUT2D eigenvalue weighted by molar-refractivity contribution is 6.07. The van der Waals surface area contributed by atoms with E-state index in [1.807, 2.05) is 42.5 Å². The first-order chi connectivity index (χ1) is 16.0. The maximum atomic E-state index is 11.3. The van der Waals surface area contributed by atoms with E-state index < -0.39 is 5.97 Å². The number of carboxylic acid groups (broad SMARTS) is 1. The molecular weight excluding hydrogens is 424 g/mol. The van der Waals surface area contributed by atoms with Gasteiger partial charge >= 0.3 is 5.97 Å². The molecule has 0 aliphatic carbocycles. The van der Waals surface area contributed by atoms with Crippen LogP contribution in [0.4, 0.5) is 0 Å². The van der Waals surface area contributed by atoms with Crippen LogP contribution in [0.3, 0.4) is 0 Å². The van der Waals surface area contributed by atoms with Crippen LogP contribution < -0.4 is 18.9 Å². The van der Waals surface area contributed by atoms with Crippen molar-refractivity contribution in [2.75, 3.05) is 28.4 Å². The van der Waals surface area contributed by atoms with Crippen LogP contribution in [-0.4, -0.2) is 45.8 Å². The standard InChI is InChI=1S/C13H12O4.C13H12O3/c1-16-10-7-8-5-3-4-6-9(8)11(13(14)15)12(10)17-2;1-15-12-7-9-5-3-4-6-10(9)11(8-14)13(12)16-2/h3-7H,1-2H3,(H,14,15);3-8H,1-2H3. The van der Waals surface area contributed by atoms with E-state index in [4.69, 9.17) is 18.9 Å². The van der Waals surface area contributed by atoms with Gasteiger partial charge in [-0.3, -0.25) is 4.79 Å². The lowest BCUT2D eigenvalue weighted by Crippen LogP contribution is -2.03. The van der Waals surface area contributed by atoms with Gasteiger partial charge in [0, 0.05) is 5.39 Å². The van der Waals surface area contributed by atoms with E-state index >= 15 is 0 Å². The predicted molar refractivity (Wildman–Crippen MR) is 126 cm³/mol. The van der Waals surface area contributed by atoms with Gasteiger partial charge in [-0.05, 0) is 28.3 Å². The fraction of sp³-hybridized carbons (Fsp3) is 0.154. The molecule has 0 heterocycles. The van der Waals surface area contributed by atoms with E-state index in [1.54, 1.807) is 25.3 Å². The molecule has 0 aliphatic rings. The predicted octanol–water partition coefficient (Wildman–Crippen LogP) is 5.22. The highest BCUT2D eigenvalue weighted by Crippen LogP contribution is 2.37. The summed E-state index contributed by atoms with van der Waals surface area (Å²) in [5, 5.41) is 12.6. The number of carbonyl (C=O) groups is 2. The highest BCUT2D eigenvalue weighted by Gasteiger charge is 2.20. The van der Waals surface area contributed by atoms with Gasteiger partial charge in [-0.25, -0.2) is 4.79 Å². The smallest absolute Gasteiger partial charge is 0.340 e. The van der Waals surface area contributed by atoms with Crippen LogP contribution in [0.25, 0.3) is 21.5 Å². The van der Waals surface area contributed by atoms with Gasteiger partial charge < -0.3 is 24.1 Å². The van der Waals surface area contributed by atoms with E-state index in [2.05, 4.69) is 0 Å². The molecule has 7 nitrogen and oxygen atoms in total. The van der Waals surface area contributed by atoms with Gasteiger partial charge in [0.05, 0.1) is 34.0 Å². The molecule has 170 valence electrons. The van der Waals surface area contributed by atoms with Crippen LogP contribution in [0.5, 0.6) is 23.0 Å². The van der Waals surface area contributed by atoms with Crippen LogP contribution in [0.1, 0.15) is 20.7 Å². The lowest BCUT2D eigenvalue weighted by Gasteiger charge is -2.13. The first kappa shape index (κ1) is 23.4. The van der Waals surface area contributed by atoms with Crippen LogP contribution in [-0.2, 0) is 0 Å². The number of hydrogen-bond donors (Lipinski definition) is 1. The summed E-state index contributed by atoms with van der Waals surface area (Å²) in [4.78, 5) is 22.5. The molecule has 4 rings (SSSR count). The Bertz CT molecular complexity index is 1310. The molecule has 33 heavy (non-hydrogen) atoms. The van der Waals surface area contributed by atoms with Crippen molar-refractivity contribution in [3.05, 3.63) is 71.8 Å². The zero-order valence-electron chi connectivity index (χ0n) is 18.7. The molecule has 0 spiro atoms. The lowest BCUT2D eigenvalue weighted by atomic mass is 10.0. The van der Waals surface area contributed by atoms with E-state index in [-0.39, 0.29) is 11.3 Å². The molecule has 0 fully saturated rings. The Balaban J connectivity index is 0.000000186. The number of aromatic carboxylic acids is 1. The number of benzene rings is 4. The van der Waals surface area contributed by atoms with Gasteiger partial charge in [-0.2, -0.15) is 0 Å². The Morgan fingerprint density at radius 3 is 1.70 bits per heavy atom. The summed E-state index contributed by atoms with van der Waals surface area (Å²) in [6.07, 6.45) is 0.795. The molecule has 0 atom stereocenters. The Morgan fingerprint density at radius 2 is 1.21 bits per heavy atom. The second-order valence-corrected chi connectivity index (χ2v) is 6.88. The topological polar surface area (TPSA) is 91.3 Å². The molecule has 7 heteroatoms. The van der Waals surface area contributed by atoms with Gasteiger partial charge in [-0.1, -0.05) is 48.5 Å². The minimum Gasteiger partial charge on any atom is -0.493 e. The van der Waals surface area contributed by atoms with E-state index in [0.29, 0.717) is 28.2 Å². The molecule has 0 saturated heterocycles. The van der Waals surface area contributed by atoms with Crippen molar-refractivity contribution in [3.63, 3.8) is 0 Å². The highest BCUT2D eigenvalue weighted by atomic mass is 16.5. The second-order valence-electron chi connectivity index (χ2n) is 6.88. The van der Waals surface area contributed by atoms with Gasteiger partial charge in [0.15, 0.2) is 29.3 Å². The SMILES string of the molecule is COc1cc2ccccc2c(C(=O)O)c1OC.COc1cc2ccccc2c(C=O)c1OC. The molecular formula is C26H24O7. The number of hydrogen-bond acceptors (Lipinski definition) is 6. The summed E-state index contributed by atoms with van der Waals surface area (Å²) in [5.74, 6) is 0.693. The third-order valence-corrected chi connectivity index (χ3v) is 5.15. The molecule has 0 saturated carbocycles. The third kappa shape index (κ3) is 4.52. The van der Waals surface area contributed by atoms with Crippen molar-refractivity contribution in [2.45, 2.75) is 0 Å². The third-order valence-electron chi connectivity index (χ3n) is 5.15. The van der Waals surface area contributed by atoms with Crippen molar-refractivity contribution in [2.24, 2.45) is 0 Å². The average Bonchev–Trinajstić information content (AvgIpc) is 2.86. The number of carboxylic acids is 1. The quantitative estimate of drug-likeness (QED) is 0.404. The summed E-state index contributed by atoms with van der Waals surface area (Å²) < 4.78 is 20.7. The first-order valence-corrected chi connectivity index (χ1v) is 9.96. The fourth-order valence-corrected chi connectivity index (χ4v) is 3.68. The summed E-state index contributed by atoms with van der Waals surface area (Å²) in [7, 11) is 6.00. The van der Waals surface area contributed by atoms with E-state index in [1.165, 1.54) is 21.3 Å². The number of rotatable bonds is 6. The van der Waals surface area contributed by atoms with Crippen LogP contribution >= 0.6 is 0 Å².